The Morgan fingerprint density at radius 2 is 1.85 bits per heavy atom. The number of anilines is 3. The van der Waals surface area contributed by atoms with Crippen LogP contribution in [0.1, 0.15) is 13.8 Å². The van der Waals surface area contributed by atoms with E-state index in [0.717, 1.165) is 11.4 Å². The van der Waals surface area contributed by atoms with Gasteiger partial charge in [0.1, 0.15) is 5.75 Å². The molecule has 0 radical (unpaired) electrons. The Kier molecular flexibility index (Phi) is 4.63. The molecule has 0 aliphatic carbocycles. The van der Waals surface area contributed by atoms with Crippen molar-refractivity contribution in [1.29, 1.82) is 0 Å². The Balaban J connectivity index is 2.26. The van der Waals surface area contributed by atoms with E-state index < -0.39 is 0 Å². The van der Waals surface area contributed by atoms with Crippen LogP contribution in [0.15, 0.2) is 36.4 Å². The fraction of sp³-hybridized carbons (Fsp3) is 0.200. The Bertz CT molecular complexity index is 615. The van der Waals surface area contributed by atoms with Crippen molar-refractivity contribution in [3.63, 3.8) is 0 Å². The molecule has 2 rings (SSSR count). The molecule has 0 unspecified atom stereocenters. The fourth-order valence-electron chi connectivity index (χ4n) is 1.78. The summed E-state index contributed by atoms with van der Waals surface area (Å²) in [6, 6.07) is 10.8. The highest BCUT2D eigenvalue weighted by molar-refractivity contribution is 6.36. The largest absolute Gasteiger partial charge is 0.491 e. The molecular weight excluding hydrogens is 295 g/mol. The highest BCUT2D eigenvalue weighted by Gasteiger charge is 2.05. The first-order valence-electron chi connectivity index (χ1n) is 6.23. The first-order chi connectivity index (χ1) is 9.44. The van der Waals surface area contributed by atoms with Crippen LogP contribution in [0.3, 0.4) is 0 Å². The van der Waals surface area contributed by atoms with Gasteiger partial charge in [-0.15, -0.1) is 0 Å². The van der Waals surface area contributed by atoms with Gasteiger partial charge < -0.3 is 15.8 Å². The average Bonchev–Trinajstić information content (AvgIpc) is 2.31. The molecule has 5 heteroatoms. The third kappa shape index (κ3) is 3.95. The monoisotopic (exact) mass is 310 g/mol. The van der Waals surface area contributed by atoms with Crippen molar-refractivity contribution >= 4 is 40.3 Å². The van der Waals surface area contributed by atoms with Crippen LogP contribution in [0.4, 0.5) is 17.1 Å². The van der Waals surface area contributed by atoms with Crippen LogP contribution in [-0.4, -0.2) is 6.10 Å². The summed E-state index contributed by atoms with van der Waals surface area (Å²) in [6.07, 6.45) is 0.0868. The van der Waals surface area contributed by atoms with Gasteiger partial charge >= 0.3 is 0 Å². The van der Waals surface area contributed by atoms with E-state index in [1.165, 1.54) is 0 Å². The van der Waals surface area contributed by atoms with Gasteiger partial charge in [0.25, 0.3) is 0 Å². The molecular formula is C15H16Cl2N2O. The lowest BCUT2D eigenvalue weighted by molar-refractivity contribution is 0.242. The van der Waals surface area contributed by atoms with Gasteiger partial charge in [-0.2, -0.15) is 0 Å². The summed E-state index contributed by atoms with van der Waals surface area (Å²) in [4.78, 5) is 0. The molecule has 2 aromatic carbocycles. The van der Waals surface area contributed by atoms with Gasteiger partial charge in [0.2, 0.25) is 0 Å². The predicted molar refractivity (Wildman–Crippen MR) is 86.4 cm³/mol. The maximum Gasteiger partial charge on any atom is 0.123 e. The Labute approximate surface area is 128 Å². The summed E-state index contributed by atoms with van der Waals surface area (Å²) < 4.78 is 5.65. The Hall–Kier alpha value is -1.58. The second kappa shape index (κ2) is 6.25. The molecule has 0 atom stereocenters. The van der Waals surface area contributed by atoms with Gasteiger partial charge in [0.05, 0.1) is 16.8 Å². The van der Waals surface area contributed by atoms with Gasteiger partial charge in [-0.25, -0.2) is 0 Å². The molecule has 0 aliphatic heterocycles. The molecule has 3 N–H and O–H groups in total. The Morgan fingerprint density at radius 1 is 1.10 bits per heavy atom. The van der Waals surface area contributed by atoms with E-state index in [0.29, 0.717) is 21.5 Å². The van der Waals surface area contributed by atoms with Crippen LogP contribution in [-0.2, 0) is 0 Å². The molecule has 0 saturated carbocycles. The van der Waals surface area contributed by atoms with Crippen molar-refractivity contribution in [3.8, 4) is 5.75 Å². The smallest absolute Gasteiger partial charge is 0.123 e. The highest BCUT2D eigenvalue weighted by Crippen LogP contribution is 2.31. The van der Waals surface area contributed by atoms with E-state index in [4.69, 9.17) is 33.7 Å². The van der Waals surface area contributed by atoms with Crippen molar-refractivity contribution in [3.05, 3.63) is 46.4 Å². The number of hydrogen-bond acceptors (Lipinski definition) is 3. The molecule has 0 aliphatic rings. The second-order valence-corrected chi connectivity index (χ2v) is 5.55. The normalized spacial score (nSPS) is 10.7. The van der Waals surface area contributed by atoms with Crippen LogP contribution in [0.25, 0.3) is 0 Å². The molecule has 20 heavy (non-hydrogen) atoms. The maximum absolute atomic E-state index is 6.13. The molecule has 0 fully saturated rings. The number of hydrogen-bond donors (Lipinski definition) is 2. The zero-order valence-corrected chi connectivity index (χ0v) is 12.8. The molecule has 0 heterocycles. The molecule has 0 spiro atoms. The van der Waals surface area contributed by atoms with E-state index in [9.17, 15) is 0 Å². The molecule has 3 nitrogen and oxygen atoms in total. The van der Waals surface area contributed by atoms with Crippen molar-refractivity contribution < 1.29 is 4.74 Å². The van der Waals surface area contributed by atoms with Crippen molar-refractivity contribution in [2.75, 3.05) is 11.1 Å². The second-order valence-electron chi connectivity index (χ2n) is 4.71. The maximum atomic E-state index is 6.13. The molecule has 0 amide bonds. The molecule has 0 aromatic heterocycles. The third-order valence-corrected chi connectivity index (χ3v) is 3.06. The van der Waals surface area contributed by atoms with Crippen LogP contribution < -0.4 is 15.8 Å². The Morgan fingerprint density at radius 3 is 2.50 bits per heavy atom. The zero-order chi connectivity index (χ0) is 14.7. The lowest BCUT2D eigenvalue weighted by Crippen LogP contribution is -2.06. The number of halogens is 2. The minimum absolute atomic E-state index is 0.0868. The lowest BCUT2D eigenvalue weighted by Gasteiger charge is -2.14. The summed E-state index contributed by atoms with van der Waals surface area (Å²) in [5.74, 6) is 0.715. The van der Waals surface area contributed by atoms with Crippen molar-refractivity contribution in [2.24, 2.45) is 0 Å². The van der Waals surface area contributed by atoms with E-state index in [1.54, 1.807) is 18.2 Å². The first-order valence-corrected chi connectivity index (χ1v) is 6.99. The van der Waals surface area contributed by atoms with Crippen molar-refractivity contribution in [2.45, 2.75) is 20.0 Å². The topological polar surface area (TPSA) is 47.3 Å². The number of benzene rings is 2. The van der Waals surface area contributed by atoms with Crippen LogP contribution in [0, 0.1) is 0 Å². The summed E-state index contributed by atoms with van der Waals surface area (Å²) >= 11 is 12.0. The quantitative estimate of drug-likeness (QED) is 0.772. The first kappa shape index (κ1) is 14.8. The highest BCUT2D eigenvalue weighted by atomic mass is 35.5. The van der Waals surface area contributed by atoms with Crippen LogP contribution in [0.2, 0.25) is 10.0 Å². The molecule has 0 saturated heterocycles. The van der Waals surface area contributed by atoms with E-state index in [-0.39, 0.29) is 6.10 Å². The zero-order valence-electron chi connectivity index (χ0n) is 11.3. The minimum Gasteiger partial charge on any atom is -0.491 e. The summed E-state index contributed by atoms with van der Waals surface area (Å²) in [5, 5.41) is 4.35. The number of nitrogen functional groups attached to an aromatic ring is 1. The van der Waals surface area contributed by atoms with Gasteiger partial charge in [-0.3, -0.25) is 0 Å². The standard InChI is InChI=1S/C15H16Cl2N2O/c1-9(2)20-13-7-11(18)6-12(8-13)19-15-4-3-10(16)5-14(15)17/h3-9,19H,18H2,1-2H3. The van der Waals surface area contributed by atoms with E-state index in [1.807, 2.05) is 32.0 Å². The van der Waals surface area contributed by atoms with Crippen LogP contribution in [0.5, 0.6) is 5.75 Å². The SMILES string of the molecule is CC(C)Oc1cc(N)cc(Nc2ccc(Cl)cc2Cl)c1. The predicted octanol–water partition coefficient (Wildman–Crippen LogP) is 5.11. The minimum atomic E-state index is 0.0868. The van der Waals surface area contributed by atoms with Crippen molar-refractivity contribution in [1.82, 2.24) is 0 Å². The van der Waals surface area contributed by atoms with Crippen LogP contribution >= 0.6 is 23.2 Å². The van der Waals surface area contributed by atoms with Gasteiger partial charge in [-0.05, 0) is 38.1 Å². The number of rotatable bonds is 4. The lowest BCUT2D eigenvalue weighted by atomic mass is 10.2. The number of ether oxygens (including phenoxy) is 1. The molecule has 2 aromatic rings. The summed E-state index contributed by atoms with van der Waals surface area (Å²) in [6.45, 7) is 3.93. The molecule has 0 bridgehead atoms. The summed E-state index contributed by atoms with van der Waals surface area (Å²) in [5.41, 5.74) is 8.07. The van der Waals surface area contributed by atoms with Gasteiger partial charge in [0, 0.05) is 28.5 Å². The van der Waals surface area contributed by atoms with E-state index in [2.05, 4.69) is 5.32 Å². The fourth-order valence-corrected chi connectivity index (χ4v) is 2.24. The van der Waals surface area contributed by atoms with Gasteiger partial charge in [-0.1, -0.05) is 23.2 Å². The third-order valence-electron chi connectivity index (χ3n) is 2.51. The number of nitrogens with two attached hydrogens (primary N) is 1. The summed E-state index contributed by atoms with van der Waals surface area (Å²) in [7, 11) is 0. The molecule has 106 valence electrons. The van der Waals surface area contributed by atoms with Gasteiger partial charge in [0.15, 0.2) is 0 Å². The van der Waals surface area contributed by atoms with E-state index >= 15 is 0 Å². The average molecular weight is 311 g/mol. The number of nitrogens with one attached hydrogen (secondary N) is 1.